The Hall–Kier alpha value is -0.780. The molecule has 178 valence electrons. The summed E-state index contributed by atoms with van der Waals surface area (Å²) in [6.07, 6.45) is 7.36. The Labute approximate surface area is 236 Å². The minimum Gasteiger partial charge on any atom is -0.383 e. The molecule has 0 radical (unpaired) electrons. The molecule has 0 bridgehead atoms. The average molecular weight is 806 g/mol. The Morgan fingerprint density at radius 1 is 0.788 bits per heavy atom. The molecule has 0 saturated carbocycles. The molecule has 0 aliphatic heterocycles. The van der Waals surface area contributed by atoms with E-state index in [0.717, 1.165) is 43.5 Å². The summed E-state index contributed by atoms with van der Waals surface area (Å²) in [6, 6.07) is 0. The molecule has 1 N–H and O–H groups in total. The van der Waals surface area contributed by atoms with Gasteiger partial charge in [0, 0.05) is 55.9 Å². The second-order valence-corrected chi connectivity index (χ2v) is 10.7. The van der Waals surface area contributed by atoms with Crippen molar-refractivity contribution in [1.29, 1.82) is 0 Å². The molecule has 0 aromatic carbocycles. The van der Waals surface area contributed by atoms with Crippen LogP contribution in [-0.2, 0) is 33.6 Å². The van der Waals surface area contributed by atoms with Gasteiger partial charge in [-0.25, -0.2) is 0 Å². The molecule has 13 heteroatoms. The summed E-state index contributed by atoms with van der Waals surface area (Å²) in [5, 5.41) is 27.2. The first kappa shape index (κ1) is 26.8. The lowest BCUT2D eigenvalue weighted by Crippen LogP contribution is -2.03. The van der Waals surface area contributed by atoms with E-state index >= 15 is 0 Å². The van der Waals surface area contributed by atoms with Crippen molar-refractivity contribution in [1.82, 2.24) is 39.1 Å². The highest BCUT2D eigenvalue weighted by Gasteiger charge is 2.21. The predicted octanol–water partition coefficient (Wildman–Crippen LogP) is 4.68. The van der Waals surface area contributed by atoms with E-state index in [1.54, 1.807) is 21.8 Å². The van der Waals surface area contributed by atoms with Gasteiger partial charge < -0.3 is 5.11 Å². The van der Waals surface area contributed by atoms with Crippen molar-refractivity contribution >= 4 is 77.0 Å². The van der Waals surface area contributed by atoms with Crippen LogP contribution in [0.2, 0.25) is 0 Å². The van der Waals surface area contributed by atoms with Crippen LogP contribution in [0, 0.1) is 7.40 Å². The molecule has 4 heterocycles. The molecular formula is C20H24Br2I2N8O. The molecule has 4 rings (SSSR count). The number of aliphatic hydroxyl groups is 1. The predicted molar refractivity (Wildman–Crippen MR) is 150 cm³/mol. The first-order valence-electron chi connectivity index (χ1n) is 10.1. The SMILES string of the molecule is CCn1ncc(C(O)c2cnn(C)c2I)c1Br.CCn1ncc(Cc2cnn(C)c2I)c1Br. The maximum absolute atomic E-state index is 10.3. The molecule has 0 amide bonds. The summed E-state index contributed by atoms with van der Waals surface area (Å²) in [4.78, 5) is 0. The summed E-state index contributed by atoms with van der Waals surface area (Å²) in [5.74, 6) is 0. The zero-order valence-corrected chi connectivity index (χ0v) is 26.0. The smallest absolute Gasteiger partial charge is 0.112 e. The molecule has 0 aliphatic rings. The van der Waals surface area contributed by atoms with Crippen molar-refractivity contribution in [3.63, 3.8) is 0 Å². The summed E-state index contributed by atoms with van der Waals surface area (Å²) in [5.41, 5.74) is 3.99. The zero-order chi connectivity index (χ0) is 24.3. The molecule has 0 fully saturated rings. The number of halogens is 4. The number of hydrogen-bond donors (Lipinski definition) is 1. The minimum atomic E-state index is -0.703. The molecule has 4 aromatic heterocycles. The molecule has 0 spiro atoms. The van der Waals surface area contributed by atoms with E-state index in [0.29, 0.717) is 0 Å². The van der Waals surface area contributed by atoms with E-state index in [1.807, 2.05) is 42.8 Å². The van der Waals surface area contributed by atoms with Crippen molar-refractivity contribution in [3.05, 3.63) is 63.6 Å². The second-order valence-electron chi connectivity index (χ2n) is 7.16. The summed E-state index contributed by atoms with van der Waals surface area (Å²) >= 11 is 11.5. The maximum Gasteiger partial charge on any atom is 0.112 e. The highest BCUT2D eigenvalue weighted by Crippen LogP contribution is 2.30. The number of hydrogen-bond acceptors (Lipinski definition) is 5. The van der Waals surface area contributed by atoms with Crippen LogP contribution in [0.5, 0.6) is 0 Å². The third kappa shape index (κ3) is 5.90. The van der Waals surface area contributed by atoms with Gasteiger partial charge in [-0.05, 0) is 90.9 Å². The zero-order valence-electron chi connectivity index (χ0n) is 18.5. The van der Waals surface area contributed by atoms with E-state index in [2.05, 4.69) is 104 Å². The fraction of sp³-hybridized carbons (Fsp3) is 0.400. The van der Waals surface area contributed by atoms with Crippen LogP contribution in [0.15, 0.2) is 34.0 Å². The monoisotopic (exact) mass is 804 g/mol. The van der Waals surface area contributed by atoms with E-state index in [1.165, 1.54) is 14.8 Å². The van der Waals surface area contributed by atoms with Gasteiger partial charge in [-0.3, -0.25) is 18.7 Å². The largest absolute Gasteiger partial charge is 0.383 e. The van der Waals surface area contributed by atoms with Gasteiger partial charge in [0.1, 0.15) is 22.7 Å². The third-order valence-electron chi connectivity index (χ3n) is 5.04. The average Bonchev–Trinajstić information content (AvgIpc) is 3.54. The van der Waals surface area contributed by atoms with Crippen molar-refractivity contribution in [2.75, 3.05) is 0 Å². The van der Waals surface area contributed by atoms with Crippen molar-refractivity contribution < 1.29 is 5.11 Å². The van der Waals surface area contributed by atoms with Gasteiger partial charge in [-0.15, -0.1) is 0 Å². The summed E-state index contributed by atoms with van der Waals surface area (Å²) in [7, 11) is 3.80. The molecule has 9 nitrogen and oxygen atoms in total. The molecule has 4 aromatic rings. The van der Waals surface area contributed by atoms with Crippen LogP contribution in [0.1, 0.15) is 42.2 Å². The normalized spacial score (nSPS) is 12.0. The van der Waals surface area contributed by atoms with E-state index in [-0.39, 0.29) is 0 Å². The number of aliphatic hydroxyl groups excluding tert-OH is 1. The van der Waals surface area contributed by atoms with Crippen LogP contribution in [0.4, 0.5) is 0 Å². The Kier molecular flexibility index (Phi) is 9.56. The van der Waals surface area contributed by atoms with Crippen molar-refractivity contribution in [2.24, 2.45) is 14.1 Å². The van der Waals surface area contributed by atoms with Gasteiger partial charge in [0.15, 0.2) is 0 Å². The quantitative estimate of drug-likeness (QED) is 0.286. The Balaban J connectivity index is 0.000000186. The molecule has 0 saturated heterocycles. The minimum absolute atomic E-state index is 0.703. The highest BCUT2D eigenvalue weighted by molar-refractivity contribution is 14.1. The van der Waals surface area contributed by atoms with Gasteiger partial charge >= 0.3 is 0 Å². The Bertz CT molecular complexity index is 1230. The number of rotatable bonds is 6. The molecular weight excluding hydrogens is 782 g/mol. The lowest BCUT2D eigenvalue weighted by atomic mass is 10.1. The van der Waals surface area contributed by atoms with Gasteiger partial charge in [-0.2, -0.15) is 20.4 Å². The maximum atomic E-state index is 10.3. The second kappa shape index (κ2) is 11.8. The number of nitrogens with zero attached hydrogens (tertiary/aromatic N) is 8. The first-order valence-corrected chi connectivity index (χ1v) is 13.9. The third-order valence-corrected chi connectivity index (χ3v) is 9.54. The van der Waals surface area contributed by atoms with E-state index in [9.17, 15) is 5.11 Å². The van der Waals surface area contributed by atoms with Crippen molar-refractivity contribution in [2.45, 2.75) is 39.5 Å². The fourth-order valence-electron chi connectivity index (χ4n) is 3.12. The van der Waals surface area contributed by atoms with Gasteiger partial charge in [-0.1, -0.05) is 0 Å². The fourth-order valence-corrected chi connectivity index (χ4v) is 5.38. The van der Waals surface area contributed by atoms with Gasteiger partial charge in [0.25, 0.3) is 0 Å². The summed E-state index contributed by atoms with van der Waals surface area (Å²) in [6.45, 7) is 5.72. The molecule has 33 heavy (non-hydrogen) atoms. The molecule has 1 unspecified atom stereocenters. The van der Waals surface area contributed by atoms with Crippen LogP contribution in [0.3, 0.4) is 0 Å². The standard InChI is InChI=1S/C10H12BrIN4O.C10H12BrIN4/c1-3-16-9(11)6(4-14-16)8(17)7-5-13-15(2)10(7)12;1-3-16-9(11)7(5-14-16)4-8-6-13-15(2)10(8)12/h4-5,8,17H,3H2,1-2H3;5-6H,3-4H2,1-2H3. The van der Waals surface area contributed by atoms with Gasteiger partial charge in [0.05, 0.1) is 24.8 Å². The number of aryl methyl sites for hydroxylation is 4. The Morgan fingerprint density at radius 2 is 1.30 bits per heavy atom. The molecule has 1 atom stereocenters. The van der Waals surface area contributed by atoms with Crippen LogP contribution >= 0.6 is 77.0 Å². The van der Waals surface area contributed by atoms with E-state index in [4.69, 9.17) is 0 Å². The Morgan fingerprint density at radius 3 is 1.79 bits per heavy atom. The number of aromatic nitrogens is 8. The topological polar surface area (TPSA) is 91.5 Å². The van der Waals surface area contributed by atoms with Crippen LogP contribution in [-0.4, -0.2) is 44.2 Å². The van der Waals surface area contributed by atoms with E-state index < -0.39 is 6.10 Å². The lowest BCUT2D eigenvalue weighted by molar-refractivity contribution is 0.218. The van der Waals surface area contributed by atoms with Crippen molar-refractivity contribution in [3.8, 4) is 0 Å². The lowest BCUT2D eigenvalue weighted by Gasteiger charge is -2.08. The van der Waals surface area contributed by atoms with Gasteiger partial charge in [0.2, 0.25) is 0 Å². The first-order chi connectivity index (χ1) is 15.7. The van der Waals surface area contributed by atoms with Crippen LogP contribution < -0.4 is 0 Å². The molecule has 0 aliphatic carbocycles. The summed E-state index contributed by atoms with van der Waals surface area (Å²) < 4.78 is 11.3. The highest BCUT2D eigenvalue weighted by atomic mass is 127. The van der Waals surface area contributed by atoms with Crippen LogP contribution in [0.25, 0.3) is 0 Å².